The number of aliphatic hydroxyl groups is 1. The summed E-state index contributed by atoms with van der Waals surface area (Å²) in [5.41, 5.74) is 1.66. The Balaban J connectivity index is 2.33. The van der Waals surface area contributed by atoms with Crippen LogP contribution in [0.3, 0.4) is 0 Å². The number of aliphatic hydroxyl groups excluding tert-OH is 1. The van der Waals surface area contributed by atoms with Crippen molar-refractivity contribution in [3.05, 3.63) is 23.5 Å². The van der Waals surface area contributed by atoms with E-state index in [1.165, 1.54) is 0 Å². The monoisotopic (exact) mass is 229 g/mol. The molecule has 0 saturated carbocycles. The fraction of sp³-hybridized carbons (Fsp3) is 0.667. The molecule has 0 spiro atoms. The van der Waals surface area contributed by atoms with Crippen molar-refractivity contribution in [2.45, 2.75) is 45.8 Å². The average molecular weight is 229 g/mol. The Morgan fingerprint density at radius 2 is 2.25 bits per heavy atom. The van der Waals surface area contributed by atoms with Crippen molar-refractivity contribution >= 4 is 0 Å². The Hall–Kier alpha value is -0.900. The second kappa shape index (κ2) is 3.84. The van der Waals surface area contributed by atoms with Gasteiger partial charge in [0.2, 0.25) is 0 Å². The minimum Gasteiger partial charge on any atom is -0.388 e. The summed E-state index contributed by atoms with van der Waals surface area (Å²) in [7, 11) is 0. The first-order valence-corrected chi connectivity index (χ1v) is 5.53. The second-order valence-electron chi connectivity index (χ2n) is 5.32. The summed E-state index contributed by atoms with van der Waals surface area (Å²) in [5.74, 6) is 0. The molecule has 0 amide bonds. The molecule has 1 aromatic rings. The van der Waals surface area contributed by atoms with Gasteiger partial charge in [0.05, 0.1) is 12.6 Å². The normalized spacial score (nSPS) is 23.5. The van der Waals surface area contributed by atoms with Crippen molar-refractivity contribution in [1.82, 2.24) is 4.57 Å². The van der Waals surface area contributed by atoms with Gasteiger partial charge in [-0.25, -0.2) is 8.78 Å². The zero-order valence-corrected chi connectivity index (χ0v) is 9.58. The number of hydrogen-bond acceptors (Lipinski definition) is 1. The van der Waals surface area contributed by atoms with E-state index in [2.05, 4.69) is 13.8 Å². The standard InChI is InChI=1S/C12H17F2NO/c1-12(2)5-9-8(10(16)6-12)3-4-15(9)7-11(13)14/h3-4,10-11,16H,5-7H2,1-2H3. The fourth-order valence-electron chi connectivity index (χ4n) is 2.51. The maximum absolute atomic E-state index is 12.4. The van der Waals surface area contributed by atoms with Crippen LogP contribution in [0.1, 0.15) is 37.6 Å². The molecule has 4 heteroatoms. The molecule has 0 saturated heterocycles. The van der Waals surface area contributed by atoms with Crippen molar-refractivity contribution < 1.29 is 13.9 Å². The molecule has 1 N–H and O–H groups in total. The van der Waals surface area contributed by atoms with E-state index in [4.69, 9.17) is 0 Å². The quantitative estimate of drug-likeness (QED) is 0.828. The lowest BCUT2D eigenvalue weighted by atomic mass is 9.75. The molecule has 0 aliphatic heterocycles. The van der Waals surface area contributed by atoms with E-state index in [0.717, 1.165) is 17.7 Å². The first kappa shape index (κ1) is 11.6. The topological polar surface area (TPSA) is 25.2 Å². The van der Waals surface area contributed by atoms with E-state index in [-0.39, 0.29) is 12.0 Å². The number of alkyl halides is 2. The van der Waals surface area contributed by atoms with Gasteiger partial charge in [-0.15, -0.1) is 0 Å². The van der Waals surface area contributed by atoms with Crippen molar-refractivity contribution in [1.29, 1.82) is 0 Å². The summed E-state index contributed by atoms with van der Waals surface area (Å²) >= 11 is 0. The Morgan fingerprint density at radius 1 is 1.56 bits per heavy atom. The first-order valence-electron chi connectivity index (χ1n) is 5.53. The molecule has 1 atom stereocenters. The molecule has 0 radical (unpaired) electrons. The van der Waals surface area contributed by atoms with Crippen LogP contribution >= 0.6 is 0 Å². The summed E-state index contributed by atoms with van der Waals surface area (Å²) in [6.07, 6.45) is 0.232. The lowest BCUT2D eigenvalue weighted by Gasteiger charge is -2.33. The van der Waals surface area contributed by atoms with Gasteiger partial charge in [0.25, 0.3) is 6.43 Å². The van der Waals surface area contributed by atoms with Crippen LogP contribution in [0.15, 0.2) is 12.3 Å². The van der Waals surface area contributed by atoms with Crippen LogP contribution in [0.25, 0.3) is 0 Å². The molecular formula is C12H17F2NO. The second-order valence-corrected chi connectivity index (χ2v) is 5.32. The van der Waals surface area contributed by atoms with Crippen LogP contribution in [-0.2, 0) is 13.0 Å². The van der Waals surface area contributed by atoms with E-state index in [9.17, 15) is 13.9 Å². The van der Waals surface area contributed by atoms with E-state index in [0.29, 0.717) is 6.42 Å². The molecule has 0 fully saturated rings. The van der Waals surface area contributed by atoms with E-state index in [1.54, 1.807) is 16.8 Å². The number of hydrogen-bond donors (Lipinski definition) is 1. The fourth-order valence-corrected chi connectivity index (χ4v) is 2.51. The van der Waals surface area contributed by atoms with Gasteiger partial charge in [-0.1, -0.05) is 13.8 Å². The lowest BCUT2D eigenvalue weighted by molar-refractivity contribution is 0.0931. The zero-order valence-electron chi connectivity index (χ0n) is 9.58. The Kier molecular flexibility index (Phi) is 2.78. The summed E-state index contributed by atoms with van der Waals surface area (Å²) in [4.78, 5) is 0. The number of aromatic nitrogens is 1. The highest BCUT2D eigenvalue weighted by Crippen LogP contribution is 2.41. The maximum Gasteiger partial charge on any atom is 0.256 e. The number of halogens is 2. The van der Waals surface area contributed by atoms with Crippen LogP contribution in [0, 0.1) is 5.41 Å². The molecule has 2 nitrogen and oxygen atoms in total. The number of nitrogens with zero attached hydrogens (tertiary/aromatic N) is 1. The predicted octanol–water partition coefficient (Wildman–Crippen LogP) is 2.76. The molecule has 1 aliphatic carbocycles. The Bertz CT molecular complexity index is 384. The Morgan fingerprint density at radius 3 is 2.88 bits per heavy atom. The van der Waals surface area contributed by atoms with Gasteiger partial charge >= 0.3 is 0 Å². The highest BCUT2D eigenvalue weighted by atomic mass is 19.3. The molecule has 0 aromatic carbocycles. The molecule has 1 aromatic heterocycles. The van der Waals surface area contributed by atoms with Gasteiger partial charge in [0.15, 0.2) is 0 Å². The SMILES string of the molecule is CC1(C)Cc2c(ccn2CC(F)F)C(O)C1. The molecule has 90 valence electrons. The van der Waals surface area contributed by atoms with Gasteiger partial charge in [0.1, 0.15) is 0 Å². The molecule has 2 rings (SSSR count). The van der Waals surface area contributed by atoms with Crippen LogP contribution in [0.2, 0.25) is 0 Å². The lowest BCUT2D eigenvalue weighted by Crippen LogP contribution is -2.27. The highest BCUT2D eigenvalue weighted by Gasteiger charge is 2.33. The third-order valence-electron chi connectivity index (χ3n) is 3.20. The van der Waals surface area contributed by atoms with Crippen molar-refractivity contribution in [2.24, 2.45) is 5.41 Å². The predicted molar refractivity (Wildman–Crippen MR) is 57.5 cm³/mol. The van der Waals surface area contributed by atoms with Crippen LogP contribution < -0.4 is 0 Å². The van der Waals surface area contributed by atoms with E-state index >= 15 is 0 Å². The van der Waals surface area contributed by atoms with Gasteiger partial charge in [0, 0.05) is 17.5 Å². The molecular weight excluding hydrogens is 212 g/mol. The van der Waals surface area contributed by atoms with Gasteiger partial charge in [-0.05, 0) is 24.3 Å². The summed E-state index contributed by atoms with van der Waals surface area (Å²) in [6, 6.07) is 1.76. The van der Waals surface area contributed by atoms with Gasteiger partial charge in [-0.2, -0.15) is 0 Å². The van der Waals surface area contributed by atoms with Crippen LogP contribution in [0.4, 0.5) is 8.78 Å². The number of fused-ring (bicyclic) bond motifs is 1. The highest BCUT2D eigenvalue weighted by molar-refractivity contribution is 5.29. The smallest absolute Gasteiger partial charge is 0.256 e. The molecule has 1 unspecified atom stereocenters. The largest absolute Gasteiger partial charge is 0.388 e. The summed E-state index contributed by atoms with van der Waals surface area (Å²) in [6.45, 7) is 3.83. The molecule has 1 aliphatic rings. The minimum atomic E-state index is -2.35. The van der Waals surface area contributed by atoms with Gasteiger partial charge in [-0.3, -0.25) is 0 Å². The van der Waals surface area contributed by atoms with Crippen molar-refractivity contribution in [3.8, 4) is 0 Å². The van der Waals surface area contributed by atoms with E-state index < -0.39 is 12.5 Å². The third-order valence-corrected chi connectivity index (χ3v) is 3.20. The molecule has 0 bridgehead atoms. The number of rotatable bonds is 2. The third kappa shape index (κ3) is 2.12. The zero-order chi connectivity index (χ0) is 11.9. The maximum atomic E-state index is 12.4. The minimum absolute atomic E-state index is 0.0232. The van der Waals surface area contributed by atoms with Crippen molar-refractivity contribution in [2.75, 3.05) is 0 Å². The Labute approximate surface area is 93.9 Å². The molecule has 1 heterocycles. The summed E-state index contributed by atoms with van der Waals surface area (Å²) < 4.78 is 26.3. The van der Waals surface area contributed by atoms with Crippen LogP contribution in [0.5, 0.6) is 0 Å². The van der Waals surface area contributed by atoms with Crippen molar-refractivity contribution in [3.63, 3.8) is 0 Å². The van der Waals surface area contributed by atoms with Crippen LogP contribution in [-0.4, -0.2) is 16.1 Å². The average Bonchev–Trinajstić information content (AvgIpc) is 2.45. The molecule has 16 heavy (non-hydrogen) atoms. The first-order chi connectivity index (χ1) is 7.39. The van der Waals surface area contributed by atoms with Gasteiger partial charge < -0.3 is 9.67 Å². The summed E-state index contributed by atoms with van der Waals surface area (Å²) in [5, 5.41) is 9.94. The van der Waals surface area contributed by atoms with E-state index in [1.807, 2.05) is 0 Å².